The van der Waals surface area contributed by atoms with Crippen LogP contribution in [-0.2, 0) is 10.2 Å². The first-order chi connectivity index (χ1) is 8.22. The molecule has 1 atom stereocenters. The quantitative estimate of drug-likeness (QED) is 0.667. The lowest BCUT2D eigenvalue weighted by Gasteiger charge is -2.12. The van der Waals surface area contributed by atoms with Crippen molar-refractivity contribution in [2.24, 2.45) is 0 Å². The van der Waals surface area contributed by atoms with E-state index in [0.717, 1.165) is 6.07 Å². The maximum absolute atomic E-state index is 13.5. The van der Waals surface area contributed by atoms with E-state index in [4.69, 9.17) is 5.11 Å². The molecule has 96 valence electrons. The van der Waals surface area contributed by atoms with E-state index in [1.54, 1.807) is 0 Å². The summed E-state index contributed by atoms with van der Waals surface area (Å²) in [4.78, 5) is 20.5. The number of hydrogen-bond donors (Lipinski definition) is 1. The molecule has 0 aliphatic heterocycles. The highest BCUT2D eigenvalue weighted by Gasteiger charge is 2.78. The van der Waals surface area contributed by atoms with Crippen molar-refractivity contribution in [2.75, 3.05) is 0 Å². The fourth-order valence-corrected chi connectivity index (χ4v) is 1.88. The van der Waals surface area contributed by atoms with Gasteiger partial charge in [0.05, 0.1) is 4.92 Å². The summed E-state index contributed by atoms with van der Waals surface area (Å²) in [6, 6.07) is 1.95. The molecule has 1 aliphatic rings. The Morgan fingerprint density at radius 1 is 1.44 bits per heavy atom. The third-order valence-corrected chi connectivity index (χ3v) is 2.97. The number of alkyl halides is 2. The zero-order valence-electron chi connectivity index (χ0n) is 8.69. The summed E-state index contributed by atoms with van der Waals surface area (Å²) < 4.78 is 39.8. The molecule has 1 aliphatic carbocycles. The summed E-state index contributed by atoms with van der Waals surface area (Å²) in [5.74, 6) is -6.69. The molecule has 1 N–H and O–H groups in total. The van der Waals surface area contributed by atoms with Crippen molar-refractivity contribution >= 4 is 11.7 Å². The molecule has 1 unspecified atom stereocenters. The zero-order chi connectivity index (χ0) is 13.7. The number of nitro groups is 1. The van der Waals surface area contributed by atoms with Crippen molar-refractivity contribution in [2.45, 2.75) is 17.8 Å². The molecule has 0 spiro atoms. The van der Waals surface area contributed by atoms with E-state index in [1.807, 2.05) is 0 Å². The van der Waals surface area contributed by atoms with Crippen LogP contribution in [0.4, 0.5) is 18.9 Å². The van der Waals surface area contributed by atoms with Crippen LogP contribution in [0.2, 0.25) is 0 Å². The number of carboxylic acids is 1. The van der Waals surface area contributed by atoms with Crippen LogP contribution in [0.25, 0.3) is 0 Å². The molecule has 0 saturated heterocycles. The fraction of sp³-hybridized carbons (Fsp3) is 0.300. The van der Waals surface area contributed by atoms with Crippen molar-refractivity contribution in [3.8, 4) is 0 Å². The monoisotopic (exact) mass is 261 g/mol. The molecule has 1 saturated carbocycles. The summed E-state index contributed by atoms with van der Waals surface area (Å²) in [6.07, 6.45) is -1.06. The second-order valence-electron chi connectivity index (χ2n) is 4.01. The van der Waals surface area contributed by atoms with Gasteiger partial charge in [-0.25, -0.2) is 13.2 Å². The van der Waals surface area contributed by atoms with Crippen molar-refractivity contribution in [3.05, 3.63) is 39.7 Å². The Kier molecular flexibility index (Phi) is 2.36. The maximum Gasteiger partial charge on any atom is 0.320 e. The summed E-state index contributed by atoms with van der Waals surface area (Å²) >= 11 is 0. The Morgan fingerprint density at radius 3 is 2.39 bits per heavy atom. The molecular weight excluding hydrogens is 255 g/mol. The van der Waals surface area contributed by atoms with Gasteiger partial charge in [-0.15, -0.1) is 0 Å². The lowest BCUT2D eigenvalue weighted by molar-refractivity contribution is -0.385. The van der Waals surface area contributed by atoms with Crippen LogP contribution in [0.15, 0.2) is 18.2 Å². The standard InChI is InChI=1S/C10H6F3NO4/c11-7-2-1-5(14(17)18)3-6(7)9(8(15)16)4-10(9,12)13/h1-3H,4H2,(H,15,16). The Morgan fingerprint density at radius 2 is 2.00 bits per heavy atom. The first-order valence-corrected chi connectivity index (χ1v) is 4.78. The van der Waals surface area contributed by atoms with E-state index >= 15 is 0 Å². The topological polar surface area (TPSA) is 80.4 Å². The minimum absolute atomic E-state index is 0.546. The third kappa shape index (κ3) is 1.45. The van der Waals surface area contributed by atoms with Gasteiger partial charge in [0.1, 0.15) is 5.82 Å². The highest BCUT2D eigenvalue weighted by atomic mass is 19.3. The van der Waals surface area contributed by atoms with Crippen LogP contribution >= 0.6 is 0 Å². The smallest absolute Gasteiger partial charge is 0.320 e. The van der Waals surface area contributed by atoms with Gasteiger partial charge in [0, 0.05) is 24.1 Å². The first-order valence-electron chi connectivity index (χ1n) is 4.78. The Bertz CT molecular complexity index is 560. The Balaban J connectivity index is 2.61. The van der Waals surface area contributed by atoms with Crippen molar-refractivity contribution in [1.82, 2.24) is 0 Å². The zero-order valence-corrected chi connectivity index (χ0v) is 8.69. The van der Waals surface area contributed by atoms with Gasteiger partial charge in [-0.2, -0.15) is 0 Å². The molecule has 0 amide bonds. The molecule has 18 heavy (non-hydrogen) atoms. The molecule has 0 radical (unpaired) electrons. The van der Waals surface area contributed by atoms with Crippen LogP contribution in [0.3, 0.4) is 0 Å². The molecule has 5 nitrogen and oxygen atoms in total. The first kappa shape index (κ1) is 12.3. The third-order valence-electron chi connectivity index (χ3n) is 2.97. The van der Waals surface area contributed by atoms with E-state index < -0.39 is 45.7 Å². The van der Waals surface area contributed by atoms with Crippen molar-refractivity contribution < 1.29 is 28.0 Å². The van der Waals surface area contributed by atoms with Crippen LogP contribution in [0.5, 0.6) is 0 Å². The number of hydrogen-bond acceptors (Lipinski definition) is 3. The molecule has 0 aromatic heterocycles. The predicted octanol–water partition coefficient (Wildman–Crippen LogP) is 2.10. The van der Waals surface area contributed by atoms with Crippen molar-refractivity contribution in [3.63, 3.8) is 0 Å². The largest absolute Gasteiger partial charge is 0.480 e. The van der Waals surface area contributed by atoms with E-state index in [9.17, 15) is 28.1 Å². The van der Waals surface area contributed by atoms with Gasteiger partial charge < -0.3 is 5.11 Å². The molecule has 1 fully saturated rings. The van der Waals surface area contributed by atoms with E-state index in [-0.39, 0.29) is 0 Å². The number of nitro benzene ring substituents is 1. The minimum atomic E-state index is -3.60. The van der Waals surface area contributed by atoms with Crippen LogP contribution in [0, 0.1) is 15.9 Å². The van der Waals surface area contributed by atoms with Gasteiger partial charge in [-0.1, -0.05) is 0 Å². The average molecular weight is 261 g/mol. The number of non-ortho nitro benzene ring substituents is 1. The number of nitrogens with zero attached hydrogens (tertiary/aromatic N) is 1. The molecule has 1 aromatic carbocycles. The van der Waals surface area contributed by atoms with E-state index in [2.05, 4.69) is 0 Å². The summed E-state index contributed by atoms with van der Waals surface area (Å²) in [5.41, 5.74) is -4.17. The van der Waals surface area contributed by atoms with Crippen LogP contribution in [0.1, 0.15) is 12.0 Å². The van der Waals surface area contributed by atoms with E-state index in [0.29, 0.717) is 12.1 Å². The lowest BCUT2D eigenvalue weighted by Crippen LogP contribution is -2.28. The number of halogens is 3. The number of aliphatic carboxylic acids is 1. The number of carbonyl (C=O) groups is 1. The van der Waals surface area contributed by atoms with Gasteiger partial charge >= 0.3 is 5.97 Å². The van der Waals surface area contributed by atoms with Gasteiger partial charge in [0.25, 0.3) is 11.6 Å². The van der Waals surface area contributed by atoms with Gasteiger partial charge in [-0.05, 0) is 6.07 Å². The number of rotatable bonds is 3. The highest BCUT2D eigenvalue weighted by molar-refractivity contribution is 5.88. The SMILES string of the molecule is O=C(O)C1(c2cc([N+](=O)[O-])ccc2F)CC1(F)F. The summed E-state index contributed by atoms with van der Waals surface area (Å²) in [7, 11) is 0. The number of benzene rings is 1. The number of carboxylic acid groups (broad SMARTS) is 1. The fourth-order valence-electron chi connectivity index (χ4n) is 1.88. The second kappa shape index (κ2) is 3.44. The molecule has 0 heterocycles. The van der Waals surface area contributed by atoms with Gasteiger partial charge in [0.15, 0.2) is 5.41 Å². The molecular formula is C10H6F3NO4. The Hall–Kier alpha value is -2.12. The molecule has 0 bridgehead atoms. The predicted molar refractivity (Wildman–Crippen MR) is 51.9 cm³/mol. The summed E-state index contributed by atoms with van der Waals surface area (Å²) in [6.45, 7) is 0. The molecule has 8 heteroatoms. The lowest BCUT2D eigenvalue weighted by atomic mass is 9.94. The van der Waals surface area contributed by atoms with E-state index in [1.165, 1.54) is 0 Å². The van der Waals surface area contributed by atoms with Crippen molar-refractivity contribution in [1.29, 1.82) is 0 Å². The Labute approximate surface area is 98.0 Å². The minimum Gasteiger partial charge on any atom is -0.480 e. The van der Waals surface area contributed by atoms with Gasteiger partial charge in [-0.3, -0.25) is 14.9 Å². The van der Waals surface area contributed by atoms with Gasteiger partial charge in [0.2, 0.25) is 0 Å². The molecule has 1 aromatic rings. The second-order valence-corrected chi connectivity index (χ2v) is 4.01. The van der Waals surface area contributed by atoms with Crippen LogP contribution in [-0.4, -0.2) is 21.9 Å². The normalized spacial score (nSPS) is 24.6. The molecule has 2 rings (SSSR count). The van der Waals surface area contributed by atoms with Crippen LogP contribution < -0.4 is 0 Å². The average Bonchev–Trinajstić information content (AvgIpc) is 2.83. The maximum atomic E-state index is 13.5. The summed E-state index contributed by atoms with van der Waals surface area (Å²) in [5, 5.41) is 19.3. The highest BCUT2D eigenvalue weighted by Crippen LogP contribution is 2.62.